The van der Waals surface area contributed by atoms with Crippen molar-refractivity contribution in [2.75, 3.05) is 21.3 Å². The predicted octanol–water partition coefficient (Wildman–Crippen LogP) is 3.73. The van der Waals surface area contributed by atoms with Crippen LogP contribution in [-0.2, 0) is 16.1 Å². The fraction of sp³-hybridized carbons (Fsp3) is 0.192. The number of aliphatic hydroxyl groups excluding tert-OH is 1. The molecule has 1 fully saturated rings. The number of Topliss-reactive ketones (excluding diaryl/α,β-unsaturated/α-hetero) is 1. The average molecular weight is 460 g/mol. The Morgan fingerprint density at radius 1 is 0.941 bits per heavy atom. The summed E-state index contributed by atoms with van der Waals surface area (Å²) in [6, 6.07) is 14.9. The van der Waals surface area contributed by atoms with Crippen LogP contribution in [0.3, 0.4) is 0 Å². The van der Waals surface area contributed by atoms with Crippen molar-refractivity contribution in [3.05, 3.63) is 89.3 Å². The zero-order chi connectivity index (χ0) is 24.2. The highest BCUT2D eigenvalue weighted by molar-refractivity contribution is 6.46. The Kier molecular flexibility index (Phi) is 6.49. The maximum absolute atomic E-state index is 13.2. The summed E-state index contributed by atoms with van der Waals surface area (Å²) in [4.78, 5) is 31.8. The Morgan fingerprint density at radius 3 is 2.12 bits per heavy atom. The minimum absolute atomic E-state index is 0.0265. The highest BCUT2D eigenvalue weighted by Gasteiger charge is 2.46. The van der Waals surface area contributed by atoms with Gasteiger partial charge in [-0.15, -0.1) is 0 Å². The molecule has 2 heterocycles. The van der Waals surface area contributed by atoms with Gasteiger partial charge in [-0.1, -0.05) is 30.3 Å². The number of hydrogen-bond acceptors (Lipinski definition) is 7. The van der Waals surface area contributed by atoms with Gasteiger partial charge >= 0.3 is 0 Å². The summed E-state index contributed by atoms with van der Waals surface area (Å²) in [6.07, 6.45) is 3.01. The number of nitrogens with zero attached hydrogens (tertiary/aromatic N) is 2. The van der Waals surface area contributed by atoms with Crippen molar-refractivity contribution in [1.29, 1.82) is 0 Å². The number of methoxy groups -OCH3 is 3. The van der Waals surface area contributed by atoms with Crippen LogP contribution in [0.2, 0.25) is 0 Å². The van der Waals surface area contributed by atoms with Crippen LogP contribution < -0.4 is 14.2 Å². The number of aromatic nitrogens is 1. The molecule has 1 aromatic heterocycles. The van der Waals surface area contributed by atoms with Crippen LogP contribution >= 0.6 is 0 Å². The molecule has 1 aliphatic heterocycles. The summed E-state index contributed by atoms with van der Waals surface area (Å²) in [5, 5.41) is 11.1. The average Bonchev–Trinajstić information content (AvgIpc) is 3.13. The number of ketones is 1. The van der Waals surface area contributed by atoms with Crippen molar-refractivity contribution >= 4 is 17.4 Å². The number of carbonyl (C=O) groups is 2. The molecule has 1 unspecified atom stereocenters. The minimum atomic E-state index is -0.887. The van der Waals surface area contributed by atoms with Crippen LogP contribution in [0.15, 0.2) is 72.6 Å². The lowest BCUT2D eigenvalue weighted by Crippen LogP contribution is -2.29. The van der Waals surface area contributed by atoms with E-state index in [1.54, 1.807) is 24.3 Å². The van der Waals surface area contributed by atoms with Gasteiger partial charge in [-0.05, 0) is 35.4 Å². The Labute approximate surface area is 197 Å². The van der Waals surface area contributed by atoms with Gasteiger partial charge in [0.1, 0.15) is 5.76 Å². The number of hydrogen-bond donors (Lipinski definition) is 1. The standard InChI is InChI=1S/C26H24N2O6/c1-32-19-13-18(14-20(33-2)25(19)34-3)22-21(23(29)17-9-11-27-12-10-17)24(30)26(31)28(22)15-16-7-5-4-6-8-16/h4-14,22,29H,15H2,1-3H3/b23-21+. The van der Waals surface area contributed by atoms with Crippen LogP contribution in [-0.4, -0.2) is 48.0 Å². The van der Waals surface area contributed by atoms with E-state index in [4.69, 9.17) is 14.2 Å². The van der Waals surface area contributed by atoms with E-state index < -0.39 is 17.7 Å². The minimum Gasteiger partial charge on any atom is -0.507 e. The highest BCUT2D eigenvalue weighted by atomic mass is 16.5. The molecule has 174 valence electrons. The topological polar surface area (TPSA) is 98.2 Å². The molecule has 0 spiro atoms. The lowest BCUT2D eigenvalue weighted by Gasteiger charge is -2.26. The molecule has 1 N–H and O–H groups in total. The first-order valence-electron chi connectivity index (χ1n) is 10.5. The Balaban J connectivity index is 1.94. The number of carbonyl (C=O) groups excluding carboxylic acids is 2. The van der Waals surface area contributed by atoms with Crippen molar-refractivity contribution in [1.82, 2.24) is 9.88 Å². The first-order chi connectivity index (χ1) is 16.5. The van der Waals surface area contributed by atoms with Gasteiger partial charge in [-0.3, -0.25) is 14.6 Å². The van der Waals surface area contributed by atoms with E-state index in [9.17, 15) is 14.7 Å². The smallest absolute Gasteiger partial charge is 0.295 e. The van der Waals surface area contributed by atoms with E-state index in [1.165, 1.54) is 38.6 Å². The van der Waals surface area contributed by atoms with Gasteiger partial charge in [0.2, 0.25) is 5.75 Å². The fourth-order valence-electron chi connectivity index (χ4n) is 4.09. The lowest BCUT2D eigenvalue weighted by molar-refractivity contribution is -0.140. The number of likely N-dealkylation sites (tertiary alicyclic amines) is 1. The van der Waals surface area contributed by atoms with Crippen molar-refractivity contribution in [3.8, 4) is 17.2 Å². The van der Waals surface area contributed by atoms with Crippen molar-refractivity contribution in [2.45, 2.75) is 12.6 Å². The van der Waals surface area contributed by atoms with E-state index in [1.807, 2.05) is 30.3 Å². The Hall–Kier alpha value is -4.33. The summed E-state index contributed by atoms with van der Waals surface area (Å²) in [5.74, 6) is -0.655. The summed E-state index contributed by atoms with van der Waals surface area (Å²) in [6.45, 7) is 0.167. The van der Waals surface area contributed by atoms with Gasteiger partial charge in [0.05, 0.1) is 32.9 Å². The van der Waals surface area contributed by atoms with Crippen molar-refractivity contribution in [3.63, 3.8) is 0 Å². The Bertz CT molecular complexity index is 1220. The van der Waals surface area contributed by atoms with Crippen LogP contribution in [0.5, 0.6) is 17.2 Å². The second kappa shape index (κ2) is 9.66. The predicted molar refractivity (Wildman–Crippen MR) is 125 cm³/mol. The van der Waals surface area contributed by atoms with E-state index in [0.717, 1.165) is 5.56 Å². The molecule has 8 nitrogen and oxygen atoms in total. The fourth-order valence-corrected chi connectivity index (χ4v) is 4.09. The van der Waals surface area contributed by atoms with Crippen molar-refractivity contribution < 1.29 is 28.9 Å². The molecule has 0 bridgehead atoms. The molecule has 0 radical (unpaired) electrons. The van der Waals surface area contributed by atoms with Crippen LogP contribution in [0, 0.1) is 0 Å². The van der Waals surface area contributed by atoms with Gasteiger partial charge in [0.25, 0.3) is 11.7 Å². The normalized spacial score (nSPS) is 17.0. The quantitative estimate of drug-likeness (QED) is 0.326. The maximum atomic E-state index is 13.2. The van der Waals surface area contributed by atoms with Crippen LogP contribution in [0.1, 0.15) is 22.7 Å². The van der Waals surface area contributed by atoms with E-state index in [-0.39, 0.29) is 17.9 Å². The molecule has 1 amide bonds. The SMILES string of the molecule is COc1cc(C2/C(=C(\O)c3ccncc3)C(=O)C(=O)N2Cc2ccccc2)cc(OC)c1OC. The van der Waals surface area contributed by atoms with E-state index in [0.29, 0.717) is 28.4 Å². The number of rotatable bonds is 7. The zero-order valence-corrected chi connectivity index (χ0v) is 19.0. The zero-order valence-electron chi connectivity index (χ0n) is 19.0. The molecular weight excluding hydrogens is 436 g/mol. The molecule has 3 aromatic rings. The van der Waals surface area contributed by atoms with Gasteiger partial charge in [0, 0.05) is 24.5 Å². The molecule has 2 aromatic carbocycles. The monoisotopic (exact) mass is 460 g/mol. The van der Waals surface area contributed by atoms with Gasteiger partial charge < -0.3 is 24.2 Å². The molecular formula is C26H24N2O6. The second-order valence-corrected chi connectivity index (χ2v) is 7.61. The number of ether oxygens (including phenoxy) is 3. The molecule has 1 atom stereocenters. The number of aliphatic hydroxyl groups is 1. The van der Waals surface area contributed by atoms with Gasteiger partial charge in [-0.2, -0.15) is 0 Å². The third-order valence-electron chi connectivity index (χ3n) is 5.69. The summed E-state index contributed by atoms with van der Waals surface area (Å²) in [7, 11) is 4.46. The van der Waals surface area contributed by atoms with E-state index in [2.05, 4.69) is 4.98 Å². The summed E-state index contributed by atoms with van der Waals surface area (Å²) < 4.78 is 16.4. The molecule has 0 aliphatic carbocycles. The van der Waals surface area contributed by atoms with Gasteiger partial charge in [-0.25, -0.2) is 0 Å². The van der Waals surface area contributed by atoms with Crippen molar-refractivity contribution in [2.24, 2.45) is 0 Å². The van der Waals surface area contributed by atoms with Gasteiger partial charge in [0.15, 0.2) is 11.5 Å². The molecule has 4 rings (SSSR count). The highest BCUT2D eigenvalue weighted by Crippen LogP contribution is 2.46. The molecule has 8 heteroatoms. The summed E-state index contributed by atoms with van der Waals surface area (Å²) >= 11 is 0. The number of benzene rings is 2. The number of pyridine rings is 1. The maximum Gasteiger partial charge on any atom is 0.295 e. The largest absolute Gasteiger partial charge is 0.507 e. The third-order valence-corrected chi connectivity index (χ3v) is 5.69. The molecule has 0 saturated carbocycles. The first-order valence-corrected chi connectivity index (χ1v) is 10.5. The molecule has 34 heavy (non-hydrogen) atoms. The summed E-state index contributed by atoms with van der Waals surface area (Å²) in [5.41, 5.74) is 1.72. The lowest BCUT2D eigenvalue weighted by atomic mass is 9.94. The molecule has 1 aliphatic rings. The first kappa shape index (κ1) is 22.8. The Morgan fingerprint density at radius 2 is 1.56 bits per heavy atom. The number of amides is 1. The van der Waals surface area contributed by atoms with Crippen LogP contribution in [0.25, 0.3) is 5.76 Å². The second-order valence-electron chi connectivity index (χ2n) is 7.61. The van der Waals surface area contributed by atoms with E-state index >= 15 is 0 Å². The molecule has 1 saturated heterocycles. The van der Waals surface area contributed by atoms with Crippen LogP contribution in [0.4, 0.5) is 0 Å². The third kappa shape index (κ3) is 4.05.